The molecule has 152 valence electrons. The highest BCUT2D eigenvalue weighted by molar-refractivity contribution is 14.0. The summed E-state index contributed by atoms with van der Waals surface area (Å²) in [4.78, 5) is 7.43. The zero-order valence-electron chi connectivity index (χ0n) is 16.7. The van der Waals surface area contributed by atoms with Crippen LogP contribution in [0.5, 0.6) is 0 Å². The van der Waals surface area contributed by atoms with E-state index in [4.69, 9.17) is 9.73 Å². The largest absolute Gasteiger partial charge is 0.381 e. The van der Waals surface area contributed by atoms with Gasteiger partial charge in [0.1, 0.15) is 0 Å². The van der Waals surface area contributed by atoms with Gasteiger partial charge in [0, 0.05) is 50.2 Å². The second kappa shape index (κ2) is 12.5. The number of rotatable bonds is 7. The number of nitrogens with zero attached hydrogens (tertiary/aromatic N) is 2. The zero-order valence-corrected chi connectivity index (χ0v) is 19.8. The Morgan fingerprint density at radius 1 is 1.31 bits per heavy atom. The van der Waals surface area contributed by atoms with Crippen LogP contribution in [0.25, 0.3) is 0 Å². The number of likely N-dealkylation sites (tertiary alicyclic amines) is 1. The molecule has 2 aliphatic heterocycles. The fraction of sp³-hybridized carbons (Fsp3) is 0.842. The molecular weight excluding hydrogens is 459 g/mol. The molecule has 0 atom stereocenters. The number of hydrogen-bond acceptors (Lipinski definition) is 4. The van der Waals surface area contributed by atoms with Crippen molar-refractivity contribution in [2.75, 3.05) is 52.2 Å². The van der Waals surface area contributed by atoms with Crippen LogP contribution in [-0.4, -0.2) is 73.8 Å². The van der Waals surface area contributed by atoms with E-state index in [2.05, 4.69) is 42.2 Å². The van der Waals surface area contributed by atoms with Crippen molar-refractivity contribution in [3.8, 4) is 0 Å². The Kier molecular flexibility index (Phi) is 11.5. The Morgan fingerprint density at radius 2 is 1.96 bits per heavy atom. The zero-order chi connectivity index (χ0) is 18.1. The third kappa shape index (κ3) is 7.94. The molecule has 5 nitrogen and oxygen atoms in total. The van der Waals surface area contributed by atoms with Crippen LogP contribution in [0.15, 0.2) is 17.1 Å². The Labute approximate surface area is 181 Å². The van der Waals surface area contributed by atoms with Gasteiger partial charge in [0.2, 0.25) is 0 Å². The fourth-order valence-electron chi connectivity index (χ4n) is 3.52. The van der Waals surface area contributed by atoms with Crippen LogP contribution in [0.3, 0.4) is 0 Å². The van der Waals surface area contributed by atoms with Crippen LogP contribution in [0.4, 0.5) is 0 Å². The maximum absolute atomic E-state index is 5.54. The van der Waals surface area contributed by atoms with Crippen molar-refractivity contribution in [3.05, 3.63) is 12.2 Å². The predicted molar refractivity (Wildman–Crippen MR) is 125 cm³/mol. The van der Waals surface area contributed by atoms with E-state index < -0.39 is 0 Å². The maximum atomic E-state index is 5.54. The van der Waals surface area contributed by atoms with Gasteiger partial charge < -0.3 is 15.4 Å². The maximum Gasteiger partial charge on any atom is 0.191 e. The summed E-state index contributed by atoms with van der Waals surface area (Å²) < 4.78 is 5.78. The van der Waals surface area contributed by atoms with Crippen molar-refractivity contribution < 1.29 is 4.74 Å². The molecule has 2 aliphatic rings. The summed E-state index contributed by atoms with van der Waals surface area (Å²) in [7, 11) is 0. The average Bonchev–Trinajstić information content (AvgIpc) is 2.62. The van der Waals surface area contributed by atoms with E-state index in [1.165, 1.54) is 18.4 Å². The third-order valence-corrected chi connectivity index (χ3v) is 6.53. The first-order chi connectivity index (χ1) is 12.1. The molecule has 26 heavy (non-hydrogen) atoms. The summed E-state index contributed by atoms with van der Waals surface area (Å²) in [6.07, 6.45) is 6.73. The van der Waals surface area contributed by atoms with Crippen LogP contribution in [-0.2, 0) is 4.74 Å². The van der Waals surface area contributed by atoms with Crippen molar-refractivity contribution >= 4 is 41.7 Å². The molecule has 0 spiro atoms. The molecule has 2 heterocycles. The van der Waals surface area contributed by atoms with E-state index in [0.29, 0.717) is 6.04 Å². The molecule has 0 unspecified atom stereocenters. The van der Waals surface area contributed by atoms with E-state index >= 15 is 0 Å². The minimum absolute atomic E-state index is 0. The summed E-state index contributed by atoms with van der Waals surface area (Å²) in [6.45, 7) is 15.0. The van der Waals surface area contributed by atoms with Gasteiger partial charge in [-0.3, -0.25) is 9.89 Å². The minimum Gasteiger partial charge on any atom is -0.381 e. The quantitative estimate of drug-likeness (QED) is 0.246. The molecule has 0 saturated carbocycles. The molecule has 2 N–H and O–H groups in total. The lowest BCUT2D eigenvalue weighted by Crippen LogP contribution is -2.49. The number of aliphatic imine (C=N–C) groups is 1. The third-order valence-electron chi connectivity index (χ3n) is 5.13. The van der Waals surface area contributed by atoms with E-state index in [0.717, 1.165) is 64.7 Å². The molecule has 0 bridgehead atoms. The highest BCUT2D eigenvalue weighted by Gasteiger charge is 2.31. The second-order valence-corrected chi connectivity index (χ2v) is 8.62. The Hall–Kier alpha value is 0.01000. The number of thioether (sulfide) groups is 1. The molecule has 0 radical (unpaired) electrons. The van der Waals surface area contributed by atoms with E-state index in [-0.39, 0.29) is 28.7 Å². The number of nitrogens with one attached hydrogen (secondary N) is 2. The highest BCUT2D eigenvalue weighted by atomic mass is 127. The van der Waals surface area contributed by atoms with Gasteiger partial charge in [-0.05, 0) is 45.8 Å². The van der Waals surface area contributed by atoms with E-state index in [1.54, 1.807) is 0 Å². The van der Waals surface area contributed by atoms with Crippen molar-refractivity contribution in [1.29, 1.82) is 0 Å². The highest BCUT2D eigenvalue weighted by Crippen LogP contribution is 2.34. The molecule has 2 rings (SSSR count). The predicted octanol–water partition coefficient (Wildman–Crippen LogP) is 3.11. The molecule has 0 aromatic rings. The first-order valence-corrected chi connectivity index (χ1v) is 10.8. The van der Waals surface area contributed by atoms with E-state index in [1.807, 2.05) is 11.8 Å². The summed E-state index contributed by atoms with van der Waals surface area (Å²) in [5, 5.41) is 7.09. The van der Waals surface area contributed by atoms with Gasteiger partial charge in [0.25, 0.3) is 0 Å². The molecule has 0 aromatic heterocycles. The van der Waals surface area contributed by atoms with Crippen molar-refractivity contribution in [2.24, 2.45) is 4.99 Å². The Bertz CT molecular complexity index is 447. The van der Waals surface area contributed by atoms with Crippen molar-refractivity contribution in [1.82, 2.24) is 15.5 Å². The van der Waals surface area contributed by atoms with Gasteiger partial charge in [0.05, 0.1) is 6.54 Å². The fourth-order valence-corrected chi connectivity index (χ4v) is 4.29. The first-order valence-electron chi connectivity index (χ1n) is 9.61. The lowest BCUT2D eigenvalue weighted by molar-refractivity contribution is 0.0794. The monoisotopic (exact) mass is 496 g/mol. The average molecular weight is 497 g/mol. The van der Waals surface area contributed by atoms with E-state index in [9.17, 15) is 0 Å². The van der Waals surface area contributed by atoms with Crippen LogP contribution in [0.2, 0.25) is 0 Å². The molecule has 0 aliphatic carbocycles. The molecule has 7 heteroatoms. The number of halogens is 1. The Morgan fingerprint density at radius 3 is 2.50 bits per heavy atom. The lowest BCUT2D eigenvalue weighted by Gasteiger charge is -2.35. The summed E-state index contributed by atoms with van der Waals surface area (Å²) in [5.74, 6) is 0.973. The lowest BCUT2D eigenvalue weighted by atomic mass is 9.99. The smallest absolute Gasteiger partial charge is 0.191 e. The number of piperidine rings is 1. The number of guanidine groups is 1. The van der Waals surface area contributed by atoms with Gasteiger partial charge in [0.15, 0.2) is 5.96 Å². The summed E-state index contributed by atoms with van der Waals surface area (Å²) >= 11 is 1.95. The summed E-state index contributed by atoms with van der Waals surface area (Å²) in [6, 6.07) is 0.513. The van der Waals surface area contributed by atoms with Crippen LogP contribution in [0, 0.1) is 0 Å². The number of ether oxygens (including phenoxy) is 1. The van der Waals surface area contributed by atoms with Gasteiger partial charge >= 0.3 is 0 Å². The minimum atomic E-state index is 0. The van der Waals surface area contributed by atoms with Crippen LogP contribution < -0.4 is 10.6 Å². The molecule has 2 saturated heterocycles. The van der Waals surface area contributed by atoms with Crippen molar-refractivity contribution in [2.45, 2.75) is 50.3 Å². The Balaban J connectivity index is 0.00000338. The van der Waals surface area contributed by atoms with Gasteiger partial charge in [-0.15, -0.1) is 24.0 Å². The second-order valence-electron chi connectivity index (χ2n) is 7.35. The normalized spacial score (nSPS) is 21.7. The molecule has 0 aromatic carbocycles. The van der Waals surface area contributed by atoms with Gasteiger partial charge in [-0.25, -0.2) is 0 Å². The van der Waals surface area contributed by atoms with Crippen LogP contribution in [0.1, 0.15) is 39.5 Å². The summed E-state index contributed by atoms with van der Waals surface area (Å²) in [5.41, 5.74) is 1.25. The first kappa shape index (κ1) is 24.0. The molecular formula is C19H37IN4OS. The molecule has 0 amide bonds. The van der Waals surface area contributed by atoms with Crippen LogP contribution >= 0.6 is 35.7 Å². The van der Waals surface area contributed by atoms with Crippen molar-refractivity contribution in [3.63, 3.8) is 0 Å². The van der Waals surface area contributed by atoms with Gasteiger partial charge in [-0.1, -0.05) is 12.2 Å². The number of hydrogen-bond donors (Lipinski definition) is 2. The topological polar surface area (TPSA) is 48.9 Å². The standard InChI is InChI=1S/C19H36N4OS.HI/c1-5-20-18(21-15-19(25-4)8-12-24-13-9-19)22-17-6-10-23(11-7-17)14-16(2)3;/h17H,2,5-15H2,1,3-4H3,(H2,20,21,22);1H. The molecule has 2 fully saturated rings. The van der Waals surface area contributed by atoms with Gasteiger partial charge in [-0.2, -0.15) is 11.8 Å². The SMILES string of the molecule is C=C(C)CN1CCC(NC(=NCC2(SC)CCOCC2)NCC)CC1.I.